The topological polar surface area (TPSA) is 49.7 Å². The van der Waals surface area contributed by atoms with Crippen LogP contribution in [0.3, 0.4) is 0 Å². The lowest BCUT2D eigenvalue weighted by Gasteiger charge is -2.20. The van der Waals surface area contributed by atoms with E-state index in [2.05, 4.69) is 26.8 Å². The summed E-state index contributed by atoms with van der Waals surface area (Å²) in [6, 6.07) is 6.07. The summed E-state index contributed by atoms with van der Waals surface area (Å²) in [6.07, 6.45) is 14.6. The Labute approximate surface area is 162 Å². The third-order valence-corrected chi connectivity index (χ3v) is 5.60. The Balaban J connectivity index is 2.79. The van der Waals surface area contributed by atoms with Gasteiger partial charge in [-0.15, -0.1) is 0 Å². The van der Waals surface area contributed by atoms with Crippen molar-refractivity contribution in [2.45, 2.75) is 97.8 Å². The van der Waals surface area contributed by atoms with Gasteiger partial charge in [0.1, 0.15) is 5.75 Å². The highest BCUT2D eigenvalue weighted by atomic mass is 31.2. The summed E-state index contributed by atoms with van der Waals surface area (Å²) in [5, 5.41) is 0. The van der Waals surface area contributed by atoms with Crippen LogP contribution in [0, 0.1) is 5.92 Å². The van der Waals surface area contributed by atoms with E-state index in [0.717, 1.165) is 19.3 Å². The van der Waals surface area contributed by atoms with Crippen molar-refractivity contribution in [1.29, 1.82) is 0 Å². The lowest BCUT2D eigenvalue weighted by Crippen LogP contribution is -2.07. The molecule has 1 rings (SSSR count). The van der Waals surface area contributed by atoms with Crippen LogP contribution in [0.15, 0.2) is 18.2 Å². The molecule has 1 aromatic rings. The van der Waals surface area contributed by atoms with Crippen LogP contribution in [0.2, 0.25) is 0 Å². The zero-order valence-electron chi connectivity index (χ0n) is 17.0. The number of rotatable bonds is 15. The monoisotopic (exact) mass is 382 g/mol. The summed E-state index contributed by atoms with van der Waals surface area (Å²) in [5.41, 5.74) is 2.52. The summed E-state index contributed by atoms with van der Waals surface area (Å²) in [5.74, 6) is 1.36. The minimum atomic E-state index is -2.37. The van der Waals surface area contributed by atoms with Gasteiger partial charge in [0, 0.05) is 0 Å². The van der Waals surface area contributed by atoms with Crippen LogP contribution in [-0.2, 0) is 12.8 Å². The van der Waals surface area contributed by atoms with Crippen molar-refractivity contribution in [2.24, 2.45) is 5.92 Å². The molecule has 0 aliphatic carbocycles. The third kappa shape index (κ3) is 9.35. The molecular weight excluding hydrogens is 343 g/mol. The Hall–Kier alpha value is -0.630. The fraction of sp³-hybridized carbons (Fsp3) is 0.727. The average molecular weight is 383 g/mol. The number of benzene rings is 1. The highest BCUT2D eigenvalue weighted by molar-refractivity contribution is 7.39. The fourth-order valence-electron chi connectivity index (χ4n) is 3.60. The molecule has 0 saturated heterocycles. The van der Waals surface area contributed by atoms with E-state index >= 15 is 0 Å². The van der Waals surface area contributed by atoms with Gasteiger partial charge in [-0.25, -0.2) is 0 Å². The average Bonchev–Trinajstić information content (AvgIpc) is 2.62. The molecule has 2 N–H and O–H groups in total. The van der Waals surface area contributed by atoms with Gasteiger partial charge in [0.05, 0.1) is 0 Å². The molecule has 0 aliphatic heterocycles. The quantitative estimate of drug-likeness (QED) is 0.255. The van der Waals surface area contributed by atoms with Gasteiger partial charge in [0.2, 0.25) is 0 Å². The lowest BCUT2D eigenvalue weighted by molar-refractivity contribution is 0.372. The van der Waals surface area contributed by atoms with Crippen LogP contribution in [0.5, 0.6) is 5.75 Å². The zero-order chi connectivity index (χ0) is 19.2. The summed E-state index contributed by atoms with van der Waals surface area (Å²) in [7, 11) is -2.37. The van der Waals surface area contributed by atoms with Gasteiger partial charge in [-0.2, -0.15) is 0 Å². The summed E-state index contributed by atoms with van der Waals surface area (Å²) >= 11 is 0. The number of unbranched alkanes of at least 4 members (excludes halogenated alkanes) is 6. The van der Waals surface area contributed by atoms with E-state index in [1.54, 1.807) is 0 Å². The lowest BCUT2D eigenvalue weighted by atomic mass is 9.88. The smallest absolute Gasteiger partial charge is 0.391 e. The summed E-state index contributed by atoms with van der Waals surface area (Å²) in [6.45, 7) is 6.76. The van der Waals surface area contributed by atoms with Crippen LogP contribution in [0.25, 0.3) is 0 Å². The van der Waals surface area contributed by atoms with Crippen LogP contribution in [0.1, 0.15) is 96.1 Å². The van der Waals surface area contributed by atoms with Crippen LogP contribution < -0.4 is 4.52 Å². The molecule has 0 amide bonds. The first kappa shape index (κ1) is 23.4. The zero-order valence-corrected chi connectivity index (χ0v) is 17.9. The molecule has 0 heterocycles. The fourth-order valence-corrected chi connectivity index (χ4v) is 3.94. The van der Waals surface area contributed by atoms with Crippen molar-refractivity contribution in [1.82, 2.24) is 0 Å². The molecule has 1 aromatic carbocycles. The number of hydrogen-bond acceptors (Lipinski definition) is 3. The first-order valence-electron chi connectivity index (χ1n) is 10.6. The van der Waals surface area contributed by atoms with Crippen molar-refractivity contribution >= 4 is 8.60 Å². The molecule has 0 bridgehead atoms. The highest BCUT2D eigenvalue weighted by Gasteiger charge is 2.16. The van der Waals surface area contributed by atoms with E-state index in [9.17, 15) is 9.79 Å². The molecule has 0 spiro atoms. The maximum atomic E-state index is 9.33. The Morgan fingerprint density at radius 3 is 2.27 bits per heavy atom. The van der Waals surface area contributed by atoms with Gasteiger partial charge < -0.3 is 14.3 Å². The molecule has 0 aromatic heterocycles. The standard InChI is InChI=1S/C22H39O3P/c1-4-7-9-10-11-12-16-21-20(18-19(6-3)14-8-5-2)15-13-17-22(21)25-26(23)24/h13,15,17,19,23-24H,4-12,14,16,18H2,1-3H3. The maximum Gasteiger partial charge on any atom is 0.391 e. The normalized spacial score (nSPS) is 12.5. The van der Waals surface area contributed by atoms with E-state index in [1.807, 2.05) is 12.1 Å². The van der Waals surface area contributed by atoms with Gasteiger partial charge in [-0.3, -0.25) is 0 Å². The van der Waals surface area contributed by atoms with Gasteiger partial charge in [0.15, 0.2) is 0 Å². The third-order valence-electron chi connectivity index (χ3n) is 5.24. The molecule has 0 aliphatic rings. The van der Waals surface area contributed by atoms with Crippen molar-refractivity contribution in [2.75, 3.05) is 0 Å². The molecule has 26 heavy (non-hydrogen) atoms. The summed E-state index contributed by atoms with van der Waals surface area (Å²) < 4.78 is 5.35. The Bertz CT molecular complexity index is 476. The molecule has 0 saturated carbocycles. The second-order valence-electron chi connectivity index (χ2n) is 7.38. The van der Waals surface area contributed by atoms with Crippen LogP contribution in [0.4, 0.5) is 0 Å². The minimum absolute atomic E-state index is 0.664. The molecule has 1 unspecified atom stereocenters. The largest absolute Gasteiger partial charge is 0.427 e. The first-order chi connectivity index (χ1) is 12.6. The molecule has 0 fully saturated rings. The van der Waals surface area contributed by atoms with E-state index in [1.165, 1.54) is 68.9 Å². The van der Waals surface area contributed by atoms with E-state index < -0.39 is 8.60 Å². The van der Waals surface area contributed by atoms with Gasteiger partial charge in [-0.1, -0.05) is 90.7 Å². The molecule has 150 valence electrons. The maximum absolute atomic E-state index is 9.33. The molecule has 0 radical (unpaired) electrons. The van der Waals surface area contributed by atoms with Gasteiger partial charge in [0.25, 0.3) is 0 Å². The van der Waals surface area contributed by atoms with Crippen molar-refractivity contribution in [3.8, 4) is 5.75 Å². The van der Waals surface area contributed by atoms with E-state index in [-0.39, 0.29) is 0 Å². The Kier molecular flexibility index (Phi) is 13.0. The number of hydrogen-bond donors (Lipinski definition) is 2. The van der Waals surface area contributed by atoms with Crippen molar-refractivity contribution in [3.63, 3.8) is 0 Å². The van der Waals surface area contributed by atoms with Crippen LogP contribution in [-0.4, -0.2) is 9.79 Å². The van der Waals surface area contributed by atoms with E-state index in [4.69, 9.17) is 4.52 Å². The first-order valence-corrected chi connectivity index (χ1v) is 11.7. The predicted molar refractivity (Wildman–Crippen MR) is 113 cm³/mol. The van der Waals surface area contributed by atoms with Gasteiger partial charge >= 0.3 is 8.60 Å². The highest BCUT2D eigenvalue weighted by Crippen LogP contribution is 2.35. The van der Waals surface area contributed by atoms with Crippen molar-refractivity contribution < 1.29 is 14.3 Å². The molecule has 3 nitrogen and oxygen atoms in total. The molecule has 1 atom stereocenters. The minimum Gasteiger partial charge on any atom is -0.427 e. The Morgan fingerprint density at radius 2 is 1.62 bits per heavy atom. The molecule has 4 heteroatoms. The predicted octanol–water partition coefficient (Wildman–Crippen LogP) is 6.94. The summed E-state index contributed by atoms with van der Waals surface area (Å²) in [4.78, 5) is 18.7. The SMILES string of the molecule is CCCCCCCCc1c(CC(CC)CCCC)cccc1OP(O)O. The van der Waals surface area contributed by atoms with E-state index in [0.29, 0.717) is 11.7 Å². The van der Waals surface area contributed by atoms with Gasteiger partial charge in [-0.05, 0) is 42.4 Å². The van der Waals surface area contributed by atoms with Crippen LogP contribution >= 0.6 is 8.60 Å². The molecular formula is C22H39O3P. The Morgan fingerprint density at radius 1 is 0.923 bits per heavy atom. The second kappa shape index (κ2) is 14.4. The second-order valence-corrected chi connectivity index (χ2v) is 8.06. The van der Waals surface area contributed by atoms with Crippen molar-refractivity contribution in [3.05, 3.63) is 29.3 Å².